The Balaban J connectivity index is 1.60. The number of hydrogen-bond acceptors (Lipinski definition) is 6. The van der Waals surface area contributed by atoms with Crippen molar-refractivity contribution >= 4 is 22.8 Å². The summed E-state index contributed by atoms with van der Waals surface area (Å²) in [6.07, 6.45) is 0. The third-order valence-electron chi connectivity index (χ3n) is 4.31. The standard InChI is InChI=1S/C19H20N6S/c1-11-5-7-15(8-6-11)19-21-13(3)18(26-19)12(2)20-16-9-10-17-23-22-14(4)25(17)24-16/h5-10,12H,1-4H3,(H,20,24). The maximum Gasteiger partial charge on any atom is 0.178 e. The van der Waals surface area contributed by atoms with Crippen molar-refractivity contribution in [3.8, 4) is 10.6 Å². The lowest BCUT2D eigenvalue weighted by Gasteiger charge is -2.13. The normalized spacial score (nSPS) is 12.5. The van der Waals surface area contributed by atoms with Gasteiger partial charge in [-0.3, -0.25) is 0 Å². The Morgan fingerprint density at radius 3 is 2.54 bits per heavy atom. The largest absolute Gasteiger partial charge is 0.361 e. The van der Waals surface area contributed by atoms with Crippen molar-refractivity contribution in [2.24, 2.45) is 0 Å². The second kappa shape index (κ2) is 6.49. The number of nitrogens with one attached hydrogen (secondary N) is 1. The van der Waals surface area contributed by atoms with Crippen molar-refractivity contribution < 1.29 is 0 Å². The van der Waals surface area contributed by atoms with E-state index in [-0.39, 0.29) is 6.04 Å². The van der Waals surface area contributed by atoms with Crippen LogP contribution in [0.2, 0.25) is 0 Å². The first-order valence-electron chi connectivity index (χ1n) is 8.51. The summed E-state index contributed by atoms with van der Waals surface area (Å²) in [5.41, 5.74) is 4.20. The highest BCUT2D eigenvalue weighted by atomic mass is 32.1. The number of aryl methyl sites for hydroxylation is 3. The Labute approximate surface area is 155 Å². The minimum Gasteiger partial charge on any atom is -0.361 e. The Morgan fingerprint density at radius 2 is 1.77 bits per heavy atom. The van der Waals surface area contributed by atoms with Gasteiger partial charge in [-0.15, -0.1) is 26.6 Å². The topological polar surface area (TPSA) is 68.0 Å². The number of thiazole rings is 1. The fraction of sp³-hybridized carbons (Fsp3) is 0.263. The van der Waals surface area contributed by atoms with Gasteiger partial charge in [0.25, 0.3) is 0 Å². The highest BCUT2D eigenvalue weighted by Gasteiger charge is 2.16. The molecule has 0 bridgehead atoms. The van der Waals surface area contributed by atoms with Crippen LogP contribution < -0.4 is 5.32 Å². The second-order valence-corrected chi connectivity index (χ2v) is 7.47. The number of rotatable bonds is 4. The van der Waals surface area contributed by atoms with E-state index in [0.717, 1.165) is 33.6 Å². The molecule has 3 heterocycles. The smallest absolute Gasteiger partial charge is 0.178 e. The molecule has 1 unspecified atom stereocenters. The van der Waals surface area contributed by atoms with Crippen LogP contribution in [-0.4, -0.2) is 24.8 Å². The minimum atomic E-state index is 0.105. The molecule has 0 aliphatic rings. The van der Waals surface area contributed by atoms with Crippen LogP contribution in [-0.2, 0) is 0 Å². The van der Waals surface area contributed by atoms with Crippen LogP contribution in [0.4, 0.5) is 5.82 Å². The SMILES string of the molecule is Cc1ccc(-c2nc(C)c(C(C)Nc3ccc4nnc(C)n4n3)s2)cc1. The van der Waals surface area contributed by atoms with E-state index in [2.05, 4.69) is 65.6 Å². The molecule has 4 rings (SSSR count). The average molecular weight is 364 g/mol. The Hall–Kier alpha value is -2.80. The molecule has 1 aromatic carbocycles. The van der Waals surface area contributed by atoms with Crippen molar-refractivity contribution in [2.45, 2.75) is 33.7 Å². The zero-order chi connectivity index (χ0) is 18.3. The highest BCUT2D eigenvalue weighted by molar-refractivity contribution is 7.15. The molecule has 0 aliphatic heterocycles. The number of aromatic nitrogens is 5. The van der Waals surface area contributed by atoms with Crippen molar-refractivity contribution in [1.82, 2.24) is 24.8 Å². The van der Waals surface area contributed by atoms with Crippen molar-refractivity contribution in [3.63, 3.8) is 0 Å². The predicted octanol–water partition coefficient (Wildman–Crippen LogP) is 4.35. The summed E-state index contributed by atoms with van der Waals surface area (Å²) in [5.74, 6) is 1.56. The molecular weight excluding hydrogens is 344 g/mol. The molecule has 132 valence electrons. The van der Waals surface area contributed by atoms with E-state index in [1.807, 2.05) is 19.1 Å². The van der Waals surface area contributed by atoms with E-state index in [0.29, 0.717) is 0 Å². The van der Waals surface area contributed by atoms with Crippen LogP contribution in [0.25, 0.3) is 16.2 Å². The van der Waals surface area contributed by atoms with Crippen LogP contribution in [0.15, 0.2) is 36.4 Å². The molecule has 4 aromatic rings. The first-order valence-corrected chi connectivity index (χ1v) is 9.33. The maximum atomic E-state index is 4.76. The number of hydrogen-bond donors (Lipinski definition) is 1. The summed E-state index contributed by atoms with van der Waals surface area (Å²) in [6, 6.07) is 12.4. The van der Waals surface area contributed by atoms with E-state index >= 15 is 0 Å². The van der Waals surface area contributed by atoms with Crippen LogP contribution in [0.5, 0.6) is 0 Å². The van der Waals surface area contributed by atoms with Gasteiger partial charge in [-0.1, -0.05) is 29.8 Å². The number of nitrogens with zero attached hydrogens (tertiary/aromatic N) is 5. The summed E-state index contributed by atoms with van der Waals surface area (Å²) in [7, 11) is 0. The van der Waals surface area contributed by atoms with Gasteiger partial charge in [-0.2, -0.15) is 4.52 Å². The molecule has 0 radical (unpaired) electrons. The van der Waals surface area contributed by atoms with Crippen molar-refractivity contribution in [1.29, 1.82) is 0 Å². The summed E-state index contributed by atoms with van der Waals surface area (Å²) in [4.78, 5) is 5.97. The van der Waals surface area contributed by atoms with E-state index in [9.17, 15) is 0 Å². The lowest BCUT2D eigenvalue weighted by Crippen LogP contribution is -2.09. The molecule has 6 nitrogen and oxygen atoms in total. The first-order chi connectivity index (χ1) is 12.5. The molecule has 0 spiro atoms. The van der Waals surface area contributed by atoms with E-state index < -0.39 is 0 Å². The number of anilines is 1. The zero-order valence-corrected chi connectivity index (χ0v) is 16.0. The molecule has 0 amide bonds. The fourth-order valence-electron chi connectivity index (χ4n) is 2.89. The zero-order valence-electron chi connectivity index (χ0n) is 15.2. The molecule has 1 atom stereocenters. The Morgan fingerprint density at radius 1 is 1.00 bits per heavy atom. The molecule has 0 saturated heterocycles. The molecular formula is C19H20N6S. The van der Waals surface area contributed by atoms with Gasteiger partial charge in [-0.25, -0.2) is 4.98 Å². The monoisotopic (exact) mass is 364 g/mol. The molecule has 0 fully saturated rings. The van der Waals surface area contributed by atoms with Gasteiger partial charge in [0.15, 0.2) is 11.5 Å². The predicted molar refractivity (Wildman–Crippen MR) is 105 cm³/mol. The van der Waals surface area contributed by atoms with Gasteiger partial charge in [0.1, 0.15) is 10.8 Å². The highest BCUT2D eigenvalue weighted by Crippen LogP contribution is 2.33. The summed E-state index contributed by atoms with van der Waals surface area (Å²) in [6.45, 7) is 8.17. The molecule has 1 N–H and O–H groups in total. The average Bonchev–Trinajstić information content (AvgIpc) is 3.19. The quantitative estimate of drug-likeness (QED) is 0.583. The molecule has 0 aliphatic carbocycles. The van der Waals surface area contributed by atoms with Gasteiger partial charge in [0.05, 0.1) is 11.7 Å². The lowest BCUT2D eigenvalue weighted by atomic mass is 10.2. The molecule has 0 saturated carbocycles. The van der Waals surface area contributed by atoms with Crippen LogP contribution >= 0.6 is 11.3 Å². The number of fused-ring (bicyclic) bond motifs is 1. The molecule has 7 heteroatoms. The van der Waals surface area contributed by atoms with Crippen molar-refractivity contribution in [2.75, 3.05) is 5.32 Å². The molecule has 3 aromatic heterocycles. The van der Waals surface area contributed by atoms with Gasteiger partial charge in [-0.05, 0) is 39.8 Å². The third kappa shape index (κ3) is 3.06. The maximum absolute atomic E-state index is 4.76. The summed E-state index contributed by atoms with van der Waals surface area (Å²) >= 11 is 1.72. The van der Waals surface area contributed by atoms with Crippen molar-refractivity contribution in [3.05, 3.63) is 58.4 Å². The first kappa shape index (κ1) is 16.7. The molecule has 26 heavy (non-hydrogen) atoms. The Kier molecular flexibility index (Phi) is 4.16. The Bertz CT molecular complexity index is 1060. The third-order valence-corrected chi connectivity index (χ3v) is 5.70. The summed E-state index contributed by atoms with van der Waals surface area (Å²) in [5, 5.41) is 17.2. The van der Waals surface area contributed by atoms with Gasteiger partial charge in [0, 0.05) is 10.4 Å². The van der Waals surface area contributed by atoms with Crippen LogP contribution in [0, 0.1) is 20.8 Å². The van der Waals surface area contributed by atoms with Crippen LogP contribution in [0.3, 0.4) is 0 Å². The van der Waals surface area contributed by atoms with E-state index in [1.54, 1.807) is 15.9 Å². The van der Waals surface area contributed by atoms with Gasteiger partial charge >= 0.3 is 0 Å². The van der Waals surface area contributed by atoms with Gasteiger partial charge < -0.3 is 5.32 Å². The number of benzene rings is 1. The summed E-state index contributed by atoms with van der Waals surface area (Å²) < 4.78 is 1.74. The van der Waals surface area contributed by atoms with E-state index in [1.165, 1.54) is 10.4 Å². The fourth-order valence-corrected chi connectivity index (χ4v) is 3.96. The lowest BCUT2D eigenvalue weighted by molar-refractivity contribution is 0.832. The van der Waals surface area contributed by atoms with Crippen LogP contribution in [0.1, 0.15) is 34.9 Å². The minimum absolute atomic E-state index is 0.105. The second-order valence-electron chi connectivity index (χ2n) is 6.44. The van der Waals surface area contributed by atoms with E-state index in [4.69, 9.17) is 4.98 Å². The van der Waals surface area contributed by atoms with Gasteiger partial charge in [0.2, 0.25) is 0 Å².